The van der Waals surface area contributed by atoms with E-state index in [9.17, 15) is 9.59 Å². The third-order valence-electron chi connectivity index (χ3n) is 5.10. The third kappa shape index (κ3) is 16.4. The van der Waals surface area contributed by atoms with E-state index in [-0.39, 0.29) is 29.3 Å². The van der Waals surface area contributed by atoms with Crippen molar-refractivity contribution in [2.45, 2.75) is 128 Å². The molecule has 0 saturated carbocycles. The van der Waals surface area contributed by atoms with Crippen LogP contribution in [-0.2, 0) is 19.1 Å². The Morgan fingerprint density at radius 3 is 1.75 bits per heavy atom. The number of unbranched alkanes of at least 4 members (excludes halogenated alkanes) is 11. The number of hydrogen-bond donors (Lipinski definition) is 0. The number of ether oxygens (including phenoxy) is 2. The maximum absolute atomic E-state index is 12.3. The van der Waals surface area contributed by atoms with Crippen LogP contribution >= 0.6 is 15.9 Å². The summed E-state index contributed by atoms with van der Waals surface area (Å²) in [4.78, 5) is 23.7. The van der Waals surface area contributed by atoms with Crippen LogP contribution in [0.4, 0.5) is 0 Å². The molecular weight excluding hydrogens is 420 g/mol. The highest BCUT2D eigenvalue weighted by Gasteiger charge is 2.23. The van der Waals surface area contributed by atoms with Gasteiger partial charge in [-0.3, -0.25) is 9.59 Å². The van der Waals surface area contributed by atoms with Gasteiger partial charge in [-0.2, -0.15) is 0 Å². The Balaban J connectivity index is 4.10. The van der Waals surface area contributed by atoms with Gasteiger partial charge in [-0.15, -0.1) is 0 Å². The molecule has 0 saturated heterocycles. The van der Waals surface area contributed by atoms with E-state index < -0.39 is 0 Å². The Morgan fingerprint density at radius 2 is 1.21 bits per heavy atom. The van der Waals surface area contributed by atoms with E-state index in [1.165, 1.54) is 64.9 Å². The van der Waals surface area contributed by atoms with Gasteiger partial charge in [0.25, 0.3) is 0 Å². The normalized spacial score (nSPS) is 13.1. The number of carbonyl (C=O) groups excluding carboxylic acids is 2. The first-order valence-corrected chi connectivity index (χ1v) is 12.4. The third-order valence-corrected chi connectivity index (χ3v) is 5.93. The van der Waals surface area contributed by atoms with Crippen molar-refractivity contribution in [3.8, 4) is 0 Å². The largest absolute Gasteiger partial charge is 0.469 e. The van der Waals surface area contributed by atoms with Crippen molar-refractivity contribution >= 4 is 27.9 Å². The molecule has 4 nitrogen and oxygen atoms in total. The summed E-state index contributed by atoms with van der Waals surface area (Å²) < 4.78 is 10.4. The van der Waals surface area contributed by atoms with Gasteiger partial charge in [-0.1, -0.05) is 107 Å². The van der Waals surface area contributed by atoms with Crippen molar-refractivity contribution in [1.82, 2.24) is 0 Å². The van der Waals surface area contributed by atoms with E-state index >= 15 is 0 Å². The summed E-state index contributed by atoms with van der Waals surface area (Å²) in [6.45, 7) is 4.41. The number of carbonyl (C=O) groups is 2. The molecule has 28 heavy (non-hydrogen) atoms. The van der Waals surface area contributed by atoms with E-state index in [4.69, 9.17) is 9.47 Å². The molecule has 0 bridgehead atoms. The summed E-state index contributed by atoms with van der Waals surface area (Å²) in [5, 5.41) is 0. The van der Waals surface area contributed by atoms with Gasteiger partial charge in [0.2, 0.25) is 0 Å². The molecule has 0 radical (unpaired) electrons. The molecule has 0 spiro atoms. The number of methoxy groups -OCH3 is 1. The van der Waals surface area contributed by atoms with Crippen LogP contribution in [0.25, 0.3) is 0 Å². The van der Waals surface area contributed by atoms with E-state index in [1.54, 1.807) is 0 Å². The van der Waals surface area contributed by atoms with Crippen LogP contribution in [0.2, 0.25) is 0 Å². The smallest absolute Gasteiger partial charge is 0.320 e. The summed E-state index contributed by atoms with van der Waals surface area (Å²) >= 11 is 3.44. The number of hydrogen-bond acceptors (Lipinski definition) is 4. The van der Waals surface area contributed by atoms with Crippen LogP contribution in [0.3, 0.4) is 0 Å². The van der Waals surface area contributed by atoms with E-state index in [0.29, 0.717) is 0 Å². The van der Waals surface area contributed by atoms with E-state index in [1.807, 2.05) is 0 Å². The second kappa shape index (κ2) is 19.7. The maximum atomic E-state index is 12.3. The van der Waals surface area contributed by atoms with Crippen molar-refractivity contribution in [3.05, 3.63) is 0 Å². The topological polar surface area (TPSA) is 52.6 Å². The summed E-state index contributed by atoms with van der Waals surface area (Å²) in [6, 6.07) is 0. The predicted octanol–water partition coefficient (Wildman–Crippen LogP) is 7.12. The van der Waals surface area contributed by atoms with Gasteiger partial charge in [0.15, 0.2) is 0 Å². The Hall–Kier alpha value is -0.580. The van der Waals surface area contributed by atoms with Crippen molar-refractivity contribution in [3.63, 3.8) is 0 Å². The molecule has 0 fully saturated rings. The van der Waals surface area contributed by atoms with Crippen LogP contribution in [0.5, 0.6) is 0 Å². The van der Waals surface area contributed by atoms with Gasteiger partial charge in [0, 0.05) is 0 Å². The zero-order valence-corrected chi connectivity index (χ0v) is 20.1. The molecule has 0 aliphatic rings. The fraction of sp³-hybridized carbons (Fsp3) is 0.913. The minimum absolute atomic E-state index is 0.148. The minimum Gasteiger partial charge on any atom is -0.469 e. The van der Waals surface area contributed by atoms with Crippen LogP contribution in [0, 0.1) is 0 Å². The van der Waals surface area contributed by atoms with Crippen molar-refractivity contribution in [1.29, 1.82) is 0 Å². The second-order valence-corrected chi connectivity index (χ2v) is 8.88. The second-order valence-electron chi connectivity index (χ2n) is 7.77. The van der Waals surface area contributed by atoms with E-state index in [2.05, 4.69) is 29.8 Å². The molecule has 0 aromatic heterocycles. The van der Waals surface area contributed by atoms with E-state index in [0.717, 1.165) is 38.5 Å². The van der Waals surface area contributed by atoms with Gasteiger partial charge in [0.05, 0.1) is 13.5 Å². The number of halogens is 1. The summed E-state index contributed by atoms with van der Waals surface area (Å²) in [5.74, 6) is -0.566. The zero-order chi connectivity index (χ0) is 21.0. The highest BCUT2D eigenvalue weighted by Crippen LogP contribution is 2.19. The Kier molecular flexibility index (Phi) is 19.3. The fourth-order valence-corrected chi connectivity index (χ4v) is 3.69. The molecule has 5 heteroatoms. The van der Waals surface area contributed by atoms with Crippen molar-refractivity contribution in [2.24, 2.45) is 0 Å². The van der Waals surface area contributed by atoms with Gasteiger partial charge < -0.3 is 9.47 Å². The molecule has 0 aromatic rings. The predicted molar refractivity (Wildman–Crippen MR) is 120 cm³/mol. The highest BCUT2D eigenvalue weighted by molar-refractivity contribution is 9.10. The molecule has 166 valence electrons. The molecule has 0 heterocycles. The first kappa shape index (κ1) is 27.4. The quantitative estimate of drug-likeness (QED) is 0.116. The lowest BCUT2D eigenvalue weighted by molar-refractivity contribution is -0.153. The van der Waals surface area contributed by atoms with Gasteiger partial charge in [-0.25, -0.2) is 0 Å². The first-order chi connectivity index (χ1) is 13.5. The molecule has 2 unspecified atom stereocenters. The maximum Gasteiger partial charge on any atom is 0.320 e. The summed E-state index contributed by atoms with van der Waals surface area (Å²) in [5.41, 5.74) is 0. The van der Waals surface area contributed by atoms with Crippen LogP contribution in [-0.4, -0.2) is 30.0 Å². The first-order valence-electron chi connectivity index (χ1n) is 11.5. The molecule has 0 N–H and O–H groups in total. The summed E-state index contributed by atoms with van der Waals surface area (Å²) in [7, 11) is 1.38. The van der Waals surface area contributed by atoms with Gasteiger partial charge >= 0.3 is 11.9 Å². The number of rotatable bonds is 19. The number of esters is 2. The molecular formula is C23H43BrO4. The molecule has 0 rings (SSSR count). The van der Waals surface area contributed by atoms with Crippen molar-refractivity contribution < 1.29 is 19.1 Å². The zero-order valence-electron chi connectivity index (χ0n) is 18.5. The average Bonchev–Trinajstić information content (AvgIpc) is 2.69. The standard InChI is InChI=1S/C23H43BrO4/c1-4-6-8-10-11-12-13-14-15-17-20(19-22(25)27-3)28-23(26)21(24)18-16-9-7-5-2/h20-21H,4-19H2,1-3H3. The fourth-order valence-electron chi connectivity index (χ4n) is 3.26. The summed E-state index contributed by atoms with van der Waals surface area (Å²) in [6.07, 6.45) is 17.0. The lowest BCUT2D eigenvalue weighted by atomic mass is 10.0. The molecule has 0 aliphatic heterocycles. The Morgan fingerprint density at radius 1 is 0.750 bits per heavy atom. The van der Waals surface area contributed by atoms with Crippen LogP contribution < -0.4 is 0 Å². The SMILES string of the molecule is CCCCCCCCCCCC(CC(=O)OC)OC(=O)C(Br)CCCCCC. The lowest BCUT2D eigenvalue weighted by Crippen LogP contribution is -2.27. The van der Waals surface area contributed by atoms with Gasteiger partial charge in [0.1, 0.15) is 10.9 Å². The minimum atomic E-state index is -0.375. The average molecular weight is 463 g/mol. The monoisotopic (exact) mass is 462 g/mol. The molecule has 0 amide bonds. The Labute approximate surface area is 181 Å². The highest BCUT2D eigenvalue weighted by atomic mass is 79.9. The molecule has 0 aromatic carbocycles. The van der Waals surface area contributed by atoms with Crippen LogP contribution in [0.15, 0.2) is 0 Å². The lowest BCUT2D eigenvalue weighted by Gasteiger charge is -2.19. The molecule has 2 atom stereocenters. The van der Waals surface area contributed by atoms with Crippen LogP contribution in [0.1, 0.15) is 117 Å². The van der Waals surface area contributed by atoms with Crippen molar-refractivity contribution in [2.75, 3.05) is 7.11 Å². The number of alkyl halides is 1. The van der Waals surface area contributed by atoms with Gasteiger partial charge in [-0.05, 0) is 19.3 Å². The Bertz CT molecular complexity index is 387. The molecule has 0 aliphatic carbocycles.